The molecule has 5 heteroatoms. The quantitative estimate of drug-likeness (QED) is 0.268. The van der Waals surface area contributed by atoms with Crippen molar-refractivity contribution < 1.29 is 9.13 Å². The molecule has 5 rings (SSSR count). The first-order valence-corrected chi connectivity index (χ1v) is 10.6. The fraction of sp³-hybridized carbons (Fsp3) is 0. The second-order valence-electron chi connectivity index (χ2n) is 6.57. The van der Waals surface area contributed by atoms with Crippen molar-refractivity contribution >= 4 is 73.5 Å². The van der Waals surface area contributed by atoms with Gasteiger partial charge in [0.1, 0.15) is 11.9 Å². The van der Waals surface area contributed by atoms with Crippen LogP contribution in [-0.4, -0.2) is 6.48 Å². The van der Waals surface area contributed by atoms with E-state index in [0.29, 0.717) is 0 Å². The predicted octanol–water partition coefficient (Wildman–Crippen LogP) is 3.83. The molecule has 0 spiro atoms. The zero-order valence-corrected chi connectivity index (χ0v) is 18.1. The molecule has 2 heterocycles. The highest BCUT2D eigenvalue weighted by molar-refractivity contribution is 14.1. The van der Waals surface area contributed by atoms with Crippen LogP contribution in [0.3, 0.4) is 0 Å². The molecular weight excluding hydrogens is 547 g/mol. The summed E-state index contributed by atoms with van der Waals surface area (Å²) in [5.41, 5.74) is 3.52. The third kappa shape index (κ3) is 2.40. The van der Waals surface area contributed by atoms with Crippen molar-refractivity contribution in [3.8, 4) is 5.75 Å². The highest BCUT2D eigenvalue weighted by atomic mass is 127. The Kier molecular flexibility index (Phi) is 3.97. The zero-order valence-electron chi connectivity index (χ0n) is 13.8. The van der Waals surface area contributed by atoms with Crippen molar-refractivity contribution in [1.29, 1.82) is 0 Å². The Morgan fingerprint density at radius 2 is 1.27 bits per heavy atom. The Bertz CT molecular complexity index is 1080. The molecule has 26 heavy (non-hydrogen) atoms. The minimum atomic E-state index is -1.56. The Labute approximate surface area is 179 Å². The van der Waals surface area contributed by atoms with Crippen LogP contribution < -0.4 is 20.1 Å². The molecule has 126 valence electrons. The molecule has 1 aliphatic rings. The molecule has 1 aliphatic heterocycles. The number of pyridine rings is 1. The smallest absolute Gasteiger partial charge is 0.513 e. The van der Waals surface area contributed by atoms with Gasteiger partial charge in [0, 0.05) is 12.5 Å². The largest absolute Gasteiger partial charge is 0.647 e. The molecule has 0 unspecified atom stereocenters. The summed E-state index contributed by atoms with van der Waals surface area (Å²) in [4.78, 5) is 0. The monoisotopic (exact) mass is 561 g/mol. The number of para-hydroxylation sites is 1. The van der Waals surface area contributed by atoms with E-state index < -0.39 is 6.48 Å². The number of nitrogens with zero attached hydrogens (tertiary/aromatic N) is 1. The van der Waals surface area contributed by atoms with Gasteiger partial charge in [0.2, 0.25) is 5.52 Å². The molecular formula is C21H14BI2NO. The van der Waals surface area contributed by atoms with Crippen molar-refractivity contribution in [2.75, 3.05) is 0 Å². The van der Waals surface area contributed by atoms with Crippen LogP contribution >= 0.6 is 45.2 Å². The molecule has 0 aliphatic carbocycles. The molecule has 0 atom stereocenters. The normalized spacial score (nSPS) is 14.4. The van der Waals surface area contributed by atoms with E-state index in [-0.39, 0.29) is 0 Å². The van der Waals surface area contributed by atoms with Crippen LogP contribution in [0.1, 0.15) is 0 Å². The SMILES string of the molecule is Ic1ccc([B-]2(c3ccc(I)cc3)Oc3cccc4ccc[n+]2c34)cc1. The summed E-state index contributed by atoms with van der Waals surface area (Å²) >= 11 is 4.69. The number of hydrogen-bond donors (Lipinski definition) is 0. The molecule has 0 saturated heterocycles. The number of hydrogen-bond acceptors (Lipinski definition) is 1. The first-order valence-electron chi connectivity index (χ1n) is 8.48. The minimum absolute atomic E-state index is 0.945. The molecule has 2 nitrogen and oxygen atoms in total. The lowest BCUT2D eigenvalue weighted by Gasteiger charge is -2.31. The van der Waals surface area contributed by atoms with Crippen molar-refractivity contribution in [3.05, 3.63) is 92.2 Å². The summed E-state index contributed by atoms with van der Waals surface area (Å²) in [7, 11) is 0. The van der Waals surface area contributed by atoms with Gasteiger partial charge in [-0.25, -0.2) is 0 Å². The predicted molar refractivity (Wildman–Crippen MR) is 124 cm³/mol. The highest BCUT2D eigenvalue weighted by Crippen LogP contribution is 2.30. The Morgan fingerprint density at radius 3 is 1.88 bits per heavy atom. The molecule has 0 N–H and O–H groups in total. The molecule has 1 aromatic heterocycles. The molecule has 4 aromatic rings. The topological polar surface area (TPSA) is 13.1 Å². The molecule has 0 saturated carbocycles. The third-order valence-corrected chi connectivity index (χ3v) is 6.58. The maximum atomic E-state index is 6.78. The van der Waals surface area contributed by atoms with Crippen LogP contribution in [0.5, 0.6) is 5.75 Å². The summed E-state index contributed by atoms with van der Waals surface area (Å²) < 4.78 is 11.6. The number of halogens is 2. The average Bonchev–Trinajstić information content (AvgIpc) is 3.01. The molecule has 0 fully saturated rings. The lowest BCUT2D eigenvalue weighted by molar-refractivity contribution is -0.515. The van der Waals surface area contributed by atoms with E-state index >= 15 is 0 Å². The van der Waals surface area contributed by atoms with Gasteiger partial charge in [-0.05, 0) is 69.4 Å². The van der Waals surface area contributed by atoms with E-state index in [4.69, 9.17) is 4.65 Å². The fourth-order valence-corrected chi connectivity index (χ4v) is 4.72. The maximum absolute atomic E-state index is 6.78. The fourth-order valence-electron chi connectivity index (χ4n) is 4.00. The van der Waals surface area contributed by atoms with Crippen LogP contribution in [-0.2, 0) is 0 Å². The van der Waals surface area contributed by atoms with Gasteiger partial charge in [0.05, 0.1) is 0 Å². The summed E-state index contributed by atoms with van der Waals surface area (Å²) in [6.07, 6.45) is 2.15. The van der Waals surface area contributed by atoms with E-state index in [9.17, 15) is 0 Å². The van der Waals surface area contributed by atoms with E-state index in [1.165, 1.54) is 23.5 Å². The highest BCUT2D eigenvalue weighted by Gasteiger charge is 2.50. The summed E-state index contributed by atoms with van der Waals surface area (Å²) in [6, 6.07) is 27.9. The minimum Gasteiger partial charge on any atom is -0.647 e. The van der Waals surface area contributed by atoms with Gasteiger partial charge in [-0.15, -0.1) is 0 Å². The number of benzene rings is 3. The lowest BCUT2D eigenvalue weighted by Crippen LogP contribution is -2.80. The van der Waals surface area contributed by atoms with Gasteiger partial charge in [0.15, 0.2) is 0 Å². The van der Waals surface area contributed by atoms with Crippen LogP contribution in [0.25, 0.3) is 10.9 Å². The van der Waals surface area contributed by atoms with Gasteiger partial charge in [-0.1, -0.05) is 65.5 Å². The molecule has 0 bridgehead atoms. The first-order chi connectivity index (χ1) is 12.7. The van der Waals surface area contributed by atoms with Crippen molar-refractivity contribution in [2.45, 2.75) is 0 Å². The van der Waals surface area contributed by atoms with Crippen molar-refractivity contribution in [1.82, 2.24) is 0 Å². The van der Waals surface area contributed by atoms with E-state index in [2.05, 4.69) is 135 Å². The second kappa shape index (κ2) is 6.23. The zero-order chi connectivity index (χ0) is 17.7. The number of aromatic nitrogens is 1. The van der Waals surface area contributed by atoms with E-state index in [1.54, 1.807) is 0 Å². The Hall–Kier alpha value is -1.61. The van der Waals surface area contributed by atoms with Gasteiger partial charge in [-0.3, -0.25) is 0 Å². The van der Waals surface area contributed by atoms with Gasteiger partial charge in [-0.2, -0.15) is 0 Å². The van der Waals surface area contributed by atoms with Gasteiger partial charge >= 0.3 is 6.48 Å². The molecule has 0 radical (unpaired) electrons. The van der Waals surface area contributed by atoms with Crippen molar-refractivity contribution in [3.63, 3.8) is 0 Å². The summed E-state index contributed by atoms with van der Waals surface area (Å²) in [5.74, 6) is 0.945. The van der Waals surface area contributed by atoms with Gasteiger partial charge < -0.3 is 9.13 Å². The van der Waals surface area contributed by atoms with Crippen LogP contribution in [0, 0.1) is 7.14 Å². The number of rotatable bonds is 2. The lowest BCUT2D eigenvalue weighted by atomic mass is 9.41. The summed E-state index contributed by atoms with van der Waals surface area (Å²) in [5, 5.41) is 1.20. The maximum Gasteiger partial charge on any atom is 0.513 e. The van der Waals surface area contributed by atoms with Crippen LogP contribution in [0.4, 0.5) is 0 Å². The summed E-state index contributed by atoms with van der Waals surface area (Å²) in [6.45, 7) is -1.56. The second-order valence-corrected chi connectivity index (χ2v) is 9.07. The average molecular weight is 561 g/mol. The van der Waals surface area contributed by atoms with E-state index in [1.807, 2.05) is 0 Å². The molecule has 3 aromatic carbocycles. The van der Waals surface area contributed by atoms with E-state index in [0.717, 1.165) is 11.3 Å². The first kappa shape index (κ1) is 16.6. The van der Waals surface area contributed by atoms with Gasteiger partial charge in [0.25, 0.3) is 0 Å². The van der Waals surface area contributed by atoms with Crippen molar-refractivity contribution in [2.24, 2.45) is 0 Å². The van der Waals surface area contributed by atoms with Crippen LogP contribution in [0.2, 0.25) is 0 Å². The third-order valence-electron chi connectivity index (χ3n) is 5.14. The Balaban J connectivity index is 1.87. The van der Waals surface area contributed by atoms with Crippen LogP contribution in [0.15, 0.2) is 85.1 Å². The molecule has 0 amide bonds. The Morgan fingerprint density at radius 1 is 0.692 bits per heavy atom. The standard InChI is InChI=1S/C21H14BI2NO/c23-18-10-6-16(7-11-18)22(17-8-12-19(24)13-9-17)25-14-2-4-15-3-1-5-20(26-22)21(15)25/h1-14H.